The molecule has 0 bridgehead atoms. The van der Waals surface area contributed by atoms with Crippen LogP contribution in [0.4, 0.5) is 4.79 Å². The molecule has 2 fully saturated rings. The van der Waals surface area contributed by atoms with Gasteiger partial charge < -0.3 is 25.4 Å². The zero-order valence-corrected chi connectivity index (χ0v) is 17.2. The summed E-state index contributed by atoms with van der Waals surface area (Å²) in [5.41, 5.74) is -0.379. The number of urea groups is 1. The minimum atomic E-state index is -1.62. The van der Waals surface area contributed by atoms with Crippen LogP contribution in [0.1, 0.15) is 57.8 Å². The monoisotopic (exact) mass is 425 g/mol. The maximum atomic E-state index is 13.4. The summed E-state index contributed by atoms with van der Waals surface area (Å²) in [5.74, 6) is -2.74. The van der Waals surface area contributed by atoms with Crippen molar-refractivity contribution in [3.63, 3.8) is 0 Å². The highest BCUT2D eigenvalue weighted by Crippen LogP contribution is 2.36. The Morgan fingerprint density at radius 1 is 1.07 bits per heavy atom. The Morgan fingerprint density at radius 3 is 2.27 bits per heavy atom. The van der Waals surface area contributed by atoms with E-state index in [2.05, 4.69) is 5.32 Å². The summed E-state index contributed by atoms with van der Waals surface area (Å²) in [7, 11) is 1.64. The summed E-state index contributed by atoms with van der Waals surface area (Å²) in [4.78, 5) is 39.4. The number of aliphatic hydroxyl groups is 2. The van der Waals surface area contributed by atoms with Crippen LogP contribution in [0.15, 0.2) is 11.5 Å². The number of carbonyl (C=O) groups is 3. The van der Waals surface area contributed by atoms with E-state index < -0.39 is 36.6 Å². The number of carboxylic acids is 1. The van der Waals surface area contributed by atoms with Gasteiger partial charge in [0, 0.05) is 19.2 Å². The second-order valence-electron chi connectivity index (χ2n) is 8.21. The number of carbonyl (C=O) groups excluding carboxylic acids is 2. The van der Waals surface area contributed by atoms with E-state index in [1.165, 1.54) is 9.80 Å². The third-order valence-electron chi connectivity index (χ3n) is 6.37. The number of nitrogens with one attached hydrogen (secondary N) is 1. The average molecular weight is 425 g/mol. The minimum Gasteiger partial charge on any atom is -0.494 e. The number of carboxylic acid groups (broad SMARTS) is 1. The molecule has 168 valence electrons. The third-order valence-corrected chi connectivity index (χ3v) is 6.37. The molecule has 1 heterocycles. The quantitative estimate of drug-likeness (QED) is 0.503. The largest absolute Gasteiger partial charge is 0.494 e. The fraction of sp³-hybridized carbons (Fsp3) is 0.750. The number of nitrogens with zero attached hydrogens (tertiary/aromatic N) is 2. The highest BCUT2D eigenvalue weighted by Gasteiger charge is 2.47. The van der Waals surface area contributed by atoms with Crippen molar-refractivity contribution < 1.29 is 34.4 Å². The van der Waals surface area contributed by atoms with Crippen LogP contribution in [0.2, 0.25) is 0 Å². The SMILES string of the molecule is CO[C@H]1CC[C@H](N2C(=O)N(C3CCCCC3)C(O)C(C(=O)NCC(=O)O)=C2O)CC1. The first-order valence-electron chi connectivity index (χ1n) is 10.6. The maximum Gasteiger partial charge on any atom is 0.329 e. The van der Waals surface area contributed by atoms with E-state index in [4.69, 9.17) is 9.84 Å². The van der Waals surface area contributed by atoms with E-state index >= 15 is 0 Å². The molecule has 4 N–H and O–H groups in total. The van der Waals surface area contributed by atoms with E-state index in [9.17, 15) is 24.6 Å². The second kappa shape index (κ2) is 9.65. The van der Waals surface area contributed by atoms with Gasteiger partial charge in [0.05, 0.1) is 6.10 Å². The lowest BCUT2D eigenvalue weighted by Crippen LogP contribution is -2.61. The third kappa shape index (κ3) is 4.54. The van der Waals surface area contributed by atoms with Crippen LogP contribution in [-0.4, -0.2) is 81.1 Å². The van der Waals surface area contributed by atoms with Gasteiger partial charge in [0.1, 0.15) is 12.1 Å². The Bertz CT molecular complexity index is 697. The van der Waals surface area contributed by atoms with E-state index in [1.54, 1.807) is 7.11 Å². The molecule has 10 nitrogen and oxygen atoms in total. The van der Waals surface area contributed by atoms with Crippen molar-refractivity contribution in [3.8, 4) is 0 Å². The van der Waals surface area contributed by atoms with Crippen molar-refractivity contribution in [2.45, 2.75) is 82.2 Å². The normalized spacial score (nSPS) is 28.6. The van der Waals surface area contributed by atoms with E-state index in [0.717, 1.165) is 19.3 Å². The molecule has 1 unspecified atom stereocenters. The maximum absolute atomic E-state index is 13.4. The summed E-state index contributed by atoms with van der Waals surface area (Å²) >= 11 is 0. The highest BCUT2D eigenvalue weighted by atomic mass is 16.5. The number of aliphatic hydroxyl groups excluding tert-OH is 2. The van der Waals surface area contributed by atoms with Crippen LogP contribution in [0.3, 0.4) is 0 Å². The number of hydrogen-bond acceptors (Lipinski definition) is 6. The highest BCUT2D eigenvalue weighted by molar-refractivity contribution is 5.98. The molecule has 0 saturated heterocycles. The average Bonchev–Trinajstić information content (AvgIpc) is 2.73. The first-order valence-corrected chi connectivity index (χ1v) is 10.6. The van der Waals surface area contributed by atoms with Crippen LogP contribution < -0.4 is 5.32 Å². The molecule has 3 aliphatic rings. The van der Waals surface area contributed by atoms with Gasteiger partial charge in [-0.25, -0.2) is 4.79 Å². The number of aliphatic carboxylic acids is 1. The molecule has 1 atom stereocenters. The lowest BCUT2D eigenvalue weighted by atomic mass is 9.90. The second-order valence-corrected chi connectivity index (χ2v) is 8.21. The number of methoxy groups -OCH3 is 1. The summed E-state index contributed by atoms with van der Waals surface area (Å²) in [6.07, 6.45) is 5.36. The van der Waals surface area contributed by atoms with Gasteiger partial charge in [-0.15, -0.1) is 0 Å². The van der Waals surface area contributed by atoms with Gasteiger partial charge in [-0.2, -0.15) is 0 Å². The van der Waals surface area contributed by atoms with Crippen LogP contribution in [0, 0.1) is 0 Å². The molecule has 2 saturated carbocycles. The molecule has 0 spiro atoms. The van der Waals surface area contributed by atoms with Crippen LogP contribution in [0.5, 0.6) is 0 Å². The Morgan fingerprint density at radius 2 is 1.70 bits per heavy atom. The molecular formula is C20H31N3O7. The van der Waals surface area contributed by atoms with Crippen molar-refractivity contribution in [1.29, 1.82) is 0 Å². The van der Waals surface area contributed by atoms with Crippen molar-refractivity contribution >= 4 is 17.9 Å². The molecule has 0 aromatic rings. The lowest BCUT2D eigenvalue weighted by molar-refractivity contribution is -0.138. The Balaban J connectivity index is 1.92. The molecule has 0 aromatic carbocycles. The van der Waals surface area contributed by atoms with E-state index in [0.29, 0.717) is 38.5 Å². The first kappa shape index (κ1) is 22.4. The Hall–Kier alpha value is -2.33. The topological polar surface area (TPSA) is 140 Å². The first-order chi connectivity index (χ1) is 14.3. The van der Waals surface area contributed by atoms with Gasteiger partial charge in [0.2, 0.25) is 5.88 Å². The number of hydrogen-bond donors (Lipinski definition) is 4. The van der Waals surface area contributed by atoms with Gasteiger partial charge >= 0.3 is 12.0 Å². The van der Waals surface area contributed by atoms with Crippen molar-refractivity contribution in [3.05, 3.63) is 11.5 Å². The van der Waals surface area contributed by atoms with Crippen molar-refractivity contribution in [1.82, 2.24) is 15.1 Å². The molecule has 30 heavy (non-hydrogen) atoms. The number of ether oxygens (including phenoxy) is 1. The standard InChI is InChI=1S/C20H31N3O7/c1-30-14-9-7-13(8-10-14)23-19(28)16(17(26)21-11-15(24)25)18(27)22(20(23)29)12-5-3-2-4-6-12/h12-14,18,27-28H,2-11H2,1H3,(H,21,26)(H,24,25)/t13-,14-,18?. The van der Waals surface area contributed by atoms with Crippen LogP contribution in [-0.2, 0) is 14.3 Å². The zero-order chi connectivity index (χ0) is 21.8. The fourth-order valence-electron chi connectivity index (χ4n) is 4.76. The smallest absolute Gasteiger partial charge is 0.329 e. The summed E-state index contributed by atoms with van der Waals surface area (Å²) in [5, 5.41) is 32.8. The Labute approximate surface area is 175 Å². The summed E-state index contributed by atoms with van der Waals surface area (Å²) in [6.45, 7) is -0.654. The Kier molecular flexibility index (Phi) is 7.19. The van der Waals surface area contributed by atoms with Crippen molar-refractivity contribution in [2.75, 3.05) is 13.7 Å². The molecule has 2 aliphatic carbocycles. The fourth-order valence-corrected chi connectivity index (χ4v) is 4.76. The van der Waals surface area contributed by atoms with E-state index in [-0.39, 0.29) is 23.8 Å². The van der Waals surface area contributed by atoms with Gasteiger partial charge in [-0.1, -0.05) is 19.3 Å². The number of rotatable bonds is 6. The molecular weight excluding hydrogens is 394 g/mol. The zero-order valence-electron chi connectivity index (χ0n) is 17.2. The minimum absolute atomic E-state index is 0.0886. The molecule has 3 rings (SSSR count). The molecule has 10 heteroatoms. The molecule has 0 aromatic heterocycles. The predicted molar refractivity (Wildman–Crippen MR) is 105 cm³/mol. The molecule has 0 radical (unpaired) electrons. The van der Waals surface area contributed by atoms with Gasteiger partial charge in [-0.3, -0.25) is 19.4 Å². The van der Waals surface area contributed by atoms with E-state index in [1.807, 2.05) is 0 Å². The lowest BCUT2D eigenvalue weighted by Gasteiger charge is -2.47. The summed E-state index contributed by atoms with van der Waals surface area (Å²) in [6, 6.07) is -1.08. The van der Waals surface area contributed by atoms with Gasteiger partial charge in [0.25, 0.3) is 5.91 Å². The van der Waals surface area contributed by atoms with Crippen LogP contribution in [0.25, 0.3) is 0 Å². The van der Waals surface area contributed by atoms with Gasteiger partial charge in [-0.05, 0) is 38.5 Å². The molecule has 1 aliphatic heterocycles. The van der Waals surface area contributed by atoms with Gasteiger partial charge in [0.15, 0.2) is 6.23 Å². The molecule has 3 amide bonds. The van der Waals surface area contributed by atoms with Crippen LogP contribution >= 0.6 is 0 Å². The predicted octanol–water partition coefficient (Wildman–Crippen LogP) is 1.30. The van der Waals surface area contributed by atoms with Crippen molar-refractivity contribution in [2.24, 2.45) is 0 Å². The summed E-state index contributed by atoms with van der Waals surface area (Å²) < 4.78 is 5.38. The number of amides is 3.